The number of rotatable bonds is 4. The van der Waals surface area contributed by atoms with Crippen LogP contribution in [-0.2, 0) is 9.48 Å². The van der Waals surface area contributed by atoms with Gasteiger partial charge < -0.3 is 9.64 Å². The lowest BCUT2D eigenvalue weighted by molar-refractivity contribution is 0.0985. The number of thioether (sulfide) groups is 1. The summed E-state index contributed by atoms with van der Waals surface area (Å²) in [6, 6.07) is 6.69. The average molecular weight is 382 g/mol. The van der Waals surface area contributed by atoms with Crippen molar-refractivity contribution in [3.05, 3.63) is 36.2 Å². The van der Waals surface area contributed by atoms with E-state index in [0.29, 0.717) is 6.04 Å². The van der Waals surface area contributed by atoms with Crippen LogP contribution in [0.2, 0.25) is 0 Å². The number of anilines is 1. The molecule has 1 aliphatic carbocycles. The molecule has 0 aromatic carbocycles. The molecule has 1 atom stereocenters. The van der Waals surface area contributed by atoms with Crippen molar-refractivity contribution in [2.75, 3.05) is 30.9 Å². The zero-order valence-electron chi connectivity index (χ0n) is 15.6. The molecule has 6 nitrogen and oxygen atoms in total. The Morgan fingerprint density at radius 1 is 1.30 bits per heavy atom. The maximum absolute atomic E-state index is 5.64. The molecule has 5 rings (SSSR count). The Hall–Kier alpha value is -2.12. The molecule has 4 heterocycles. The first-order valence-corrected chi connectivity index (χ1v) is 10.6. The molecule has 2 fully saturated rings. The molecule has 1 N–H and O–H groups in total. The number of nitrogens with zero attached hydrogens (tertiary/aromatic N) is 4. The Balaban J connectivity index is 1.75. The van der Waals surface area contributed by atoms with Gasteiger partial charge in [0.2, 0.25) is 0 Å². The van der Waals surface area contributed by atoms with Crippen molar-refractivity contribution in [2.24, 2.45) is 0 Å². The first-order chi connectivity index (χ1) is 13.2. The molecule has 0 spiro atoms. The normalized spacial score (nSPS) is 21.6. The number of fused-ring (bicyclic) bond motifs is 1. The Bertz CT molecular complexity index is 970. The minimum Gasteiger partial charge on any atom is -0.377 e. The SMILES string of the molecule is CSC1(c2cc(N3CCOCC3C)nc3c(-c4ccn[nH]4)nccc23)CC1. The molecule has 7 heteroatoms. The van der Waals surface area contributed by atoms with Gasteiger partial charge in [0.05, 0.1) is 24.9 Å². The third-order valence-corrected chi connectivity index (χ3v) is 7.13. The van der Waals surface area contributed by atoms with Gasteiger partial charge in [0.25, 0.3) is 0 Å². The molecule has 140 valence electrons. The lowest BCUT2D eigenvalue weighted by Gasteiger charge is -2.35. The van der Waals surface area contributed by atoms with Crippen LogP contribution in [0.3, 0.4) is 0 Å². The molecule has 1 saturated carbocycles. The van der Waals surface area contributed by atoms with E-state index in [0.717, 1.165) is 42.5 Å². The highest BCUT2D eigenvalue weighted by Gasteiger charge is 2.45. The van der Waals surface area contributed by atoms with Crippen LogP contribution >= 0.6 is 11.8 Å². The highest BCUT2D eigenvalue weighted by atomic mass is 32.2. The van der Waals surface area contributed by atoms with E-state index in [1.807, 2.05) is 24.0 Å². The second kappa shape index (κ2) is 6.49. The minimum absolute atomic E-state index is 0.206. The molecule has 27 heavy (non-hydrogen) atoms. The van der Waals surface area contributed by atoms with Gasteiger partial charge in [0.15, 0.2) is 0 Å². The number of hydrogen-bond acceptors (Lipinski definition) is 6. The van der Waals surface area contributed by atoms with E-state index in [4.69, 9.17) is 9.72 Å². The molecule has 3 aromatic rings. The van der Waals surface area contributed by atoms with Crippen LogP contribution in [-0.4, -0.2) is 52.2 Å². The lowest BCUT2D eigenvalue weighted by Crippen LogP contribution is -2.44. The maximum Gasteiger partial charge on any atom is 0.130 e. The van der Waals surface area contributed by atoms with Gasteiger partial charge in [-0.15, -0.1) is 0 Å². The first-order valence-electron chi connectivity index (χ1n) is 9.41. The molecule has 1 unspecified atom stereocenters. The quantitative estimate of drug-likeness (QED) is 0.745. The van der Waals surface area contributed by atoms with Gasteiger partial charge >= 0.3 is 0 Å². The van der Waals surface area contributed by atoms with Crippen molar-refractivity contribution in [1.82, 2.24) is 20.2 Å². The smallest absolute Gasteiger partial charge is 0.130 e. The number of pyridine rings is 2. The van der Waals surface area contributed by atoms with Crippen LogP contribution in [0.25, 0.3) is 22.3 Å². The second-order valence-corrected chi connectivity index (χ2v) is 8.56. The summed E-state index contributed by atoms with van der Waals surface area (Å²) in [6.45, 7) is 4.55. The van der Waals surface area contributed by atoms with E-state index in [-0.39, 0.29) is 4.75 Å². The van der Waals surface area contributed by atoms with Crippen molar-refractivity contribution in [2.45, 2.75) is 30.6 Å². The van der Waals surface area contributed by atoms with E-state index in [1.165, 1.54) is 23.8 Å². The molecule has 2 aliphatic rings. The fourth-order valence-electron chi connectivity index (χ4n) is 4.01. The van der Waals surface area contributed by atoms with Gasteiger partial charge in [-0.25, -0.2) is 4.98 Å². The summed E-state index contributed by atoms with van der Waals surface area (Å²) in [5.41, 5.74) is 4.11. The number of hydrogen-bond donors (Lipinski definition) is 1. The van der Waals surface area contributed by atoms with Crippen molar-refractivity contribution < 1.29 is 4.74 Å². The van der Waals surface area contributed by atoms with Crippen LogP contribution in [0.4, 0.5) is 5.82 Å². The summed E-state index contributed by atoms with van der Waals surface area (Å²) in [5.74, 6) is 1.03. The third kappa shape index (κ3) is 2.80. The first kappa shape index (κ1) is 17.0. The summed E-state index contributed by atoms with van der Waals surface area (Å²) in [5, 5.41) is 8.36. The van der Waals surface area contributed by atoms with Crippen molar-refractivity contribution in [3.63, 3.8) is 0 Å². The van der Waals surface area contributed by atoms with Gasteiger partial charge in [-0.05, 0) is 49.8 Å². The molecule has 1 aliphatic heterocycles. The Morgan fingerprint density at radius 3 is 2.89 bits per heavy atom. The Kier molecular flexibility index (Phi) is 4.09. The number of aromatic amines is 1. The van der Waals surface area contributed by atoms with Gasteiger partial charge in [0, 0.05) is 29.1 Å². The Labute approximate surface area is 162 Å². The second-order valence-electron chi connectivity index (χ2n) is 7.37. The molecule has 3 aromatic heterocycles. The predicted octanol–water partition coefficient (Wildman–Crippen LogP) is 3.60. The van der Waals surface area contributed by atoms with Crippen molar-refractivity contribution in [3.8, 4) is 11.4 Å². The summed E-state index contributed by atoms with van der Waals surface area (Å²) < 4.78 is 5.84. The van der Waals surface area contributed by atoms with Crippen LogP contribution in [0.5, 0.6) is 0 Å². The predicted molar refractivity (Wildman–Crippen MR) is 109 cm³/mol. The average Bonchev–Trinajstić information content (AvgIpc) is 3.31. The van der Waals surface area contributed by atoms with Crippen molar-refractivity contribution >= 4 is 28.5 Å². The van der Waals surface area contributed by atoms with Gasteiger partial charge in [-0.3, -0.25) is 10.1 Å². The van der Waals surface area contributed by atoms with E-state index >= 15 is 0 Å². The monoisotopic (exact) mass is 381 g/mol. The zero-order valence-corrected chi connectivity index (χ0v) is 16.4. The summed E-state index contributed by atoms with van der Waals surface area (Å²) in [6.07, 6.45) is 8.29. The van der Waals surface area contributed by atoms with Crippen molar-refractivity contribution in [1.29, 1.82) is 0 Å². The summed E-state index contributed by atoms with van der Waals surface area (Å²) in [4.78, 5) is 12.1. The van der Waals surface area contributed by atoms with Crippen LogP contribution in [0.1, 0.15) is 25.3 Å². The minimum atomic E-state index is 0.206. The highest BCUT2D eigenvalue weighted by molar-refractivity contribution is 7.99. The molecule has 0 radical (unpaired) electrons. The van der Waals surface area contributed by atoms with Crippen LogP contribution < -0.4 is 4.90 Å². The van der Waals surface area contributed by atoms with E-state index < -0.39 is 0 Å². The number of morpholine rings is 1. The van der Waals surface area contributed by atoms with Gasteiger partial charge in [0.1, 0.15) is 17.0 Å². The van der Waals surface area contributed by atoms with Gasteiger partial charge in [-0.1, -0.05) is 0 Å². The molecule has 1 saturated heterocycles. The summed E-state index contributed by atoms with van der Waals surface area (Å²) in [7, 11) is 0. The third-order valence-electron chi connectivity index (χ3n) is 5.72. The maximum atomic E-state index is 5.64. The fraction of sp³-hybridized carbons (Fsp3) is 0.450. The molecule has 0 amide bonds. The zero-order chi connectivity index (χ0) is 18.4. The Morgan fingerprint density at radius 2 is 2.19 bits per heavy atom. The number of nitrogens with one attached hydrogen (secondary N) is 1. The number of ether oxygens (including phenoxy) is 1. The summed E-state index contributed by atoms with van der Waals surface area (Å²) >= 11 is 1.95. The van der Waals surface area contributed by atoms with Crippen LogP contribution in [0.15, 0.2) is 30.6 Å². The molecule has 0 bridgehead atoms. The number of H-pyrrole nitrogens is 1. The standard InChI is InChI=1S/C20H23N5OS/c1-13-12-26-10-9-25(13)17-11-15(20(27-2)5-6-20)14-3-7-21-19(18(14)23-17)16-4-8-22-24-16/h3-4,7-8,11,13H,5-6,9-10,12H2,1-2H3,(H,22,24). The highest BCUT2D eigenvalue weighted by Crippen LogP contribution is 2.58. The molecular formula is C20H23N5OS. The fourth-order valence-corrected chi connectivity index (χ4v) is 4.91. The number of aromatic nitrogens is 4. The van der Waals surface area contributed by atoms with Gasteiger partial charge in [-0.2, -0.15) is 16.9 Å². The lowest BCUT2D eigenvalue weighted by atomic mass is 10.0. The molecular weight excluding hydrogens is 358 g/mol. The van der Waals surface area contributed by atoms with E-state index in [1.54, 1.807) is 6.20 Å². The van der Waals surface area contributed by atoms with E-state index in [9.17, 15) is 0 Å². The van der Waals surface area contributed by atoms with Crippen LogP contribution in [0, 0.1) is 0 Å². The topological polar surface area (TPSA) is 66.9 Å². The van der Waals surface area contributed by atoms with E-state index in [2.05, 4.69) is 45.4 Å². The largest absolute Gasteiger partial charge is 0.377 e.